The van der Waals surface area contributed by atoms with Crippen molar-refractivity contribution in [3.05, 3.63) is 24.0 Å². The Morgan fingerprint density at radius 1 is 1.54 bits per heavy atom. The van der Waals surface area contributed by atoms with Gasteiger partial charge in [-0.05, 0) is 6.07 Å². The summed E-state index contributed by atoms with van der Waals surface area (Å²) in [5.74, 6) is 0.707. The van der Waals surface area contributed by atoms with E-state index in [1.807, 2.05) is 6.07 Å². The average Bonchev–Trinajstić information content (AvgIpc) is 2.19. The summed E-state index contributed by atoms with van der Waals surface area (Å²) in [7, 11) is 0. The normalized spacial score (nSPS) is 10.0. The first-order valence-corrected chi connectivity index (χ1v) is 4.25. The van der Waals surface area contributed by atoms with E-state index in [4.69, 9.17) is 15.6 Å². The predicted octanol–water partition coefficient (Wildman–Crippen LogP) is 0.301. The van der Waals surface area contributed by atoms with Gasteiger partial charge in [-0.15, -0.1) is 0 Å². The maximum atomic E-state index is 8.55. The van der Waals surface area contributed by atoms with Crippen molar-refractivity contribution in [2.45, 2.75) is 13.0 Å². The molecular formula is C9H14N2O2. The van der Waals surface area contributed by atoms with Crippen LogP contribution in [-0.4, -0.2) is 23.3 Å². The van der Waals surface area contributed by atoms with Gasteiger partial charge in [0, 0.05) is 31.3 Å². The lowest BCUT2D eigenvalue weighted by Gasteiger charge is -2.08. The van der Waals surface area contributed by atoms with E-state index in [1.54, 1.807) is 12.4 Å². The number of aliphatic hydroxyl groups is 1. The molecule has 0 aliphatic heterocycles. The highest BCUT2D eigenvalue weighted by molar-refractivity contribution is 5.29. The molecule has 1 heterocycles. The van der Waals surface area contributed by atoms with Gasteiger partial charge < -0.3 is 15.6 Å². The van der Waals surface area contributed by atoms with Crippen molar-refractivity contribution in [3.8, 4) is 5.75 Å². The zero-order chi connectivity index (χ0) is 9.52. The molecule has 0 bridgehead atoms. The van der Waals surface area contributed by atoms with Gasteiger partial charge in [0.15, 0.2) is 0 Å². The van der Waals surface area contributed by atoms with Gasteiger partial charge in [-0.2, -0.15) is 0 Å². The highest BCUT2D eigenvalue weighted by Gasteiger charge is 2.00. The van der Waals surface area contributed by atoms with Crippen LogP contribution in [0.1, 0.15) is 12.0 Å². The van der Waals surface area contributed by atoms with Gasteiger partial charge in [0.1, 0.15) is 5.75 Å². The summed E-state index contributed by atoms with van der Waals surface area (Å²) < 4.78 is 5.37. The third-order valence-corrected chi connectivity index (χ3v) is 1.65. The molecule has 0 fully saturated rings. The zero-order valence-corrected chi connectivity index (χ0v) is 7.44. The van der Waals surface area contributed by atoms with E-state index in [2.05, 4.69) is 4.98 Å². The van der Waals surface area contributed by atoms with Crippen LogP contribution in [0.3, 0.4) is 0 Å². The minimum atomic E-state index is 0.137. The largest absolute Gasteiger partial charge is 0.492 e. The van der Waals surface area contributed by atoms with Crippen LogP contribution in [0.15, 0.2) is 18.5 Å². The Hall–Kier alpha value is -1.13. The van der Waals surface area contributed by atoms with Crippen molar-refractivity contribution >= 4 is 0 Å². The molecule has 0 spiro atoms. The number of nitrogens with zero attached hydrogens (tertiary/aromatic N) is 1. The van der Waals surface area contributed by atoms with Crippen LogP contribution >= 0.6 is 0 Å². The molecule has 0 aliphatic rings. The fraction of sp³-hybridized carbons (Fsp3) is 0.444. The van der Waals surface area contributed by atoms with Crippen LogP contribution in [0, 0.1) is 0 Å². The van der Waals surface area contributed by atoms with Gasteiger partial charge in [-0.1, -0.05) is 0 Å². The van der Waals surface area contributed by atoms with E-state index < -0.39 is 0 Å². The van der Waals surface area contributed by atoms with Crippen molar-refractivity contribution in [1.29, 1.82) is 0 Å². The van der Waals surface area contributed by atoms with Gasteiger partial charge in [-0.3, -0.25) is 4.98 Å². The van der Waals surface area contributed by atoms with Crippen molar-refractivity contribution in [1.82, 2.24) is 4.98 Å². The van der Waals surface area contributed by atoms with Crippen LogP contribution in [0.4, 0.5) is 0 Å². The fourth-order valence-corrected chi connectivity index (χ4v) is 0.954. The number of aromatic nitrogens is 1. The third kappa shape index (κ3) is 3.01. The highest BCUT2D eigenvalue weighted by Crippen LogP contribution is 2.15. The molecule has 4 nitrogen and oxygen atoms in total. The number of nitrogens with two attached hydrogens (primary N) is 1. The molecule has 0 unspecified atom stereocenters. The van der Waals surface area contributed by atoms with Crippen LogP contribution < -0.4 is 10.5 Å². The predicted molar refractivity (Wildman–Crippen MR) is 49.3 cm³/mol. The Labute approximate surface area is 77.4 Å². The smallest absolute Gasteiger partial charge is 0.142 e. The maximum absolute atomic E-state index is 8.55. The summed E-state index contributed by atoms with van der Waals surface area (Å²) in [6, 6.07) is 1.83. The van der Waals surface area contributed by atoms with Crippen molar-refractivity contribution in [2.24, 2.45) is 5.73 Å². The molecule has 72 valence electrons. The highest BCUT2D eigenvalue weighted by atomic mass is 16.5. The standard InChI is InChI=1S/C9H14N2O2/c10-6-8-2-3-11-7-9(8)13-5-1-4-12/h2-3,7,12H,1,4-6,10H2. The monoisotopic (exact) mass is 182 g/mol. The van der Waals surface area contributed by atoms with Gasteiger partial charge in [0.05, 0.1) is 12.8 Å². The lowest BCUT2D eigenvalue weighted by atomic mass is 10.2. The molecule has 13 heavy (non-hydrogen) atoms. The first kappa shape index (κ1) is 9.95. The van der Waals surface area contributed by atoms with Gasteiger partial charge in [0.25, 0.3) is 0 Å². The van der Waals surface area contributed by atoms with E-state index >= 15 is 0 Å². The Kier molecular flexibility index (Phi) is 4.21. The summed E-state index contributed by atoms with van der Waals surface area (Å²) in [6.45, 7) is 1.07. The fourth-order valence-electron chi connectivity index (χ4n) is 0.954. The molecule has 0 atom stereocenters. The lowest BCUT2D eigenvalue weighted by Crippen LogP contribution is -2.05. The van der Waals surface area contributed by atoms with Crippen molar-refractivity contribution in [3.63, 3.8) is 0 Å². The number of ether oxygens (including phenoxy) is 1. The second-order valence-corrected chi connectivity index (χ2v) is 2.61. The van der Waals surface area contributed by atoms with Gasteiger partial charge in [-0.25, -0.2) is 0 Å². The Bertz CT molecular complexity index is 253. The quantitative estimate of drug-likeness (QED) is 0.643. The molecule has 1 aromatic rings. The number of rotatable bonds is 5. The first-order valence-electron chi connectivity index (χ1n) is 4.25. The summed E-state index contributed by atoms with van der Waals surface area (Å²) in [6.07, 6.45) is 3.94. The molecule has 0 saturated carbocycles. The zero-order valence-electron chi connectivity index (χ0n) is 7.44. The molecule has 1 aromatic heterocycles. The molecule has 1 rings (SSSR count). The van der Waals surface area contributed by atoms with Crippen LogP contribution in [0.25, 0.3) is 0 Å². The molecule has 0 amide bonds. The molecule has 0 aromatic carbocycles. The van der Waals surface area contributed by atoms with Crippen molar-refractivity contribution < 1.29 is 9.84 Å². The second kappa shape index (κ2) is 5.50. The van der Waals surface area contributed by atoms with E-state index in [0.29, 0.717) is 25.3 Å². The summed E-state index contributed by atoms with van der Waals surface area (Å²) in [4.78, 5) is 3.93. The minimum Gasteiger partial charge on any atom is -0.492 e. The Morgan fingerprint density at radius 2 is 2.38 bits per heavy atom. The SMILES string of the molecule is NCc1ccncc1OCCCO. The number of aliphatic hydroxyl groups excluding tert-OH is 1. The average molecular weight is 182 g/mol. The van der Waals surface area contributed by atoms with Gasteiger partial charge >= 0.3 is 0 Å². The molecule has 3 N–H and O–H groups in total. The minimum absolute atomic E-state index is 0.137. The van der Waals surface area contributed by atoms with Crippen LogP contribution in [-0.2, 0) is 6.54 Å². The number of hydrogen-bond donors (Lipinski definition) is 2. The van der Waals surface area contributed by atoms with Gasteiger partial charge in [0.2, 0.25) is 0 Å². The van der Waals surface area contributed by atoms with E-state index in [-0.39, 0.29) is 6.61 Å². The first-order chi connectivity index (χ1) is 6.38. The molecule has 0 saturated heterocycles. The summed E-state index contributed by atoms with van der Waals surface area (Å²) >= 11 is 0. The third-order valence-electron chi connectivity index (χ3n) is 1.65. The summed E-state index contributed by atoms with van der Waals surface area (Å²) in [5, 5.41) is 8.55. The van der Waals surface area contributed by atoms with Crippen LogP contribution in [0.5, 0.6) is 5.75 Å². The Morgan fingerprint density at radius 3 is 3.08 bits per heavy atom. The second-order valence-electron chi connectivity index (χ2n) is 2.61. The number of pyridine rings is 1. The molecule has 0 radical (unpaired) electrons. The maximum Gasteiger partial charge on any atom is 0.142 e. The number of hydrogen-bond acceptors (Lipinski definition) is 4. The molecule has 0 aliphatic carbocycles. The topological polar surface area (TPSA) is 68.4 Å². The van der Waals surface area contributed by atoms with E-state index in [1.165, 1.54) is 0 Å². The van der Waals surface area contributed by atoms with E-state index in [0.717, 1.165) is 5.56 Å². The van der Waals surface area contributed by atoms with Crippen LogP contribution in [0.2, 0.25) is 0 Å². The lowest BCUT2D eigenvalue weighted by molar-refractivity contribution is 0.232. The van der Waals surface area contributed by atoms with Crippen molar-refractivity contribution in [2.75, 3.05) is 13.2 Å². The summed E-state index contributed by atoms with van der Waals surface area (Å²) in [5.41, 5.74) is 6.44. The van der Waals surface area contributed by atoms with E-state index in [9.17, 15) is 0 Å². The molecule has 4 heteroatoms. The molecular weight excluding hydrogens is 168 g/mol. The Balaban J connectivity index is 2.54.